The Hall–Kier alpha value is -1.11. The van der Waals surface area contributed by atoms with Gasteiger partial charge >= 0.3 is 0 Å². The molecule has 0 heterocycles. The molecule has 0 amide bonds. The molecule has 0 aliphatic rings. The Morgan fingerprint density at radius 2 is 1.69 bits per heavy atom. The fraction of sp³-hybridized carbons (Fsp3) is 0.143. The van der Waals surface area contributed by atoms with E-state index in [9.17, 15) is 8.42 Å². The van der Waals surface area contributed by atoms with Gasteiger partial charge in [-0.15, -0.1) is 0 Å². The van der Waals surface area contributed by atoms with Gasteiger partial charge < -0.3 is 10.9 Å². The Morgan fingerprint density at radius 1 is 1.23 bits per heavy atom. The topological polar surface area (TPSA) is 98.6 Å². The maximum atomic E-state index is 10.5. The third-order valence-electron chi connectivity index (χ3n) is 1.36. The van der Waals surface area contributed by atoms with E-state index in [2.05, 4.69) is 0 Å². The van der Waals surface area contributed by atoms with Crippen LogP contribution in [-0.4, -0.2) is 20.1 Å². The first-order valence-corrected chi connectivity index (χ1v) is 4.59. The maximum absolute atomic E-state index is 10.5. The van der Waals surface area contributed by atoms with Gasteiger partial charge in [0.1, 0.15) is 5.75 Å². The van der Waals surface area contributed by atoms with E-state index in [1.54, 1.807) is 0 Å². The van der Waals surface area contributed by atoms with Crippen molar-refractivity contribution in [2.45, 2.75) is 4.90 Å². The molecule has 0 saturated carbocycles. The lowest BCUT2D eigenvalue weighted by Crippen LogP contribution is -1.97. The van der Waals surface area contributed by atoms with Gasteiger partial charge in [0.05, 0.1) is 12.0 Å². The van der Waals surface area contributed by atoms with Crippen molar-refractivity contribution in [1.29, 1.82) is 0 Å². The predicted molar refractivity (Wildman–Crippen MR) is 47.8 cm³/mol. The van der Waals surface area contributed by atoms with Crippen molar-refractivity contribution < 1.29 is 17.7 Å². The summed E-state index contributed by atoms with van der Waals surface area (Å²) in [5, 5.41) is 0. The molecule has 5 nitrogen and oxygen atoms in total. The molecule has 0 spiro atoms. The van der Waals surface area contributed by atoms with Crippen molar-refractivity contribution in [3.63, 3.8) is 0 Å². The van der Waals surface area contributed by atoms with Crippen LogP contribution in [0.5, 0.6) is 5.75 Å². The van der Waals surface area contributed by atoms with E-state index >= 15 is 0 Å². The molecule has 74 valence electrons. The second-order valence-corrected chi connectivity index (χ2v) is 3.57. The molecule has 13 heavy (non-hydrogen) atoms. The minimum Gasteiger partial charge on any atom is -0.497 e. The van der Waals surface area contributed by atoms with E-state index < -0.39 is 10.1 Å². The van der Waals surface area contributed by atoms with E-state index in [-0.39, 0.29) is 11.0 Å². The first-order chi connectivity index (χ1) is 5.54. The zero-order valence-corrected chi connectivity index (χ0v) is 7.91. The van der Waals surface area contributed by atoms with Gasteiger partial charge in [0.2, 0.25) is 0 Å². The van der Waals surface area contributed by atoms with Gasteiger partial charge in [-0.3, -0.25) is 4.55 Å². The van der Waals surface area contributed by atoms with Crippen LogP contribution in [-0.2, 0) is 10.1 Å². The lowest BCUT2D eigenvalue weighted by Gasteiger charge is -1.99. The lowest BCUT2D eigenvalue weighted by atomic mass is 10.3. The van der Waals surface area contributed by atoms with Crippen LogP contribution >= 0.6 is 0 Å². The Morgan fingerprint density at radius 3 is 2.00 bits per heavy atom. The van der Waals surface area contributed by atoms with Crippen LogP contribution in [0.3, 0.4) is 0 Å². The number of benzene rings is 1. The highest BCUT2D eigenvalue weighted by atomic mass is 32.2. The van der Waals surface area contributed by atoms with Gasteiger partial charge in [-0.2, -0.15) is 8.42 Å². The molecule has 0 atom stereocenters. The molecule has 4 N–H and O–H groups in total. The van der Waals surface area contributed by atoms with Crippen molar-refractivity contribution in [2.75, 3.05) is 7.11 Å². The summed E-state index contributed by atoms with van der Waals surface area (Å²) in [6.07, 6.45) is 0. The Bertz CT molecular complexity index is 357. The average Bonchev–Trinajstić information content (AvgIpc) is 2.03. The fourth-order valence-corrected chi connectivity index (χ4v) is 1.23. The van der Waals surface area contributed by atoms with Gasteiger partial charge in [0, 0.05) is 0 Å². The van der Waals surface area contributed by atoms with Crippen molar-refractivity contribution in [3.05, 3.63) is 24.3 Å². The van der Waals surface area contributed by atoms with Crippen LogP contribution < -0.4 is 10.9 Å². The van der Waals surface area contributed by atoms with E-state index in [1.807, 2.05) is 0 Å². The first-order valence-electron chi connectivity index (χ1n) is 3.15. The van der Waals surface area contributed by atoms with E-state index in [0.717, 1.165) is 0 Å². The molecule has 0 aliphatic carbocycles. The van der Waals surface area contributed by atoms with Crippen molar-refractivity contribution in [3.8, 4) is 5.75 Å². The zero-order chi connectivity index (χ0) is 9.19. The molecule has 1 aromatic carbocycles. The molecule has 1 rings (SSSR count). The smallest absolute Gasteiger partial charge is 0.294 e. The summed E-state index contributed by atoms with van der Waals surface area (Å²) < 4.78 is 34.5. The van der Waals surface area contributed by atoms with E-state index in [1.165, 1.54) is 31.4 Å². The Labute approximate surface area is 76.7 Å². The number of methoxy groups -OCH3 is 1. The van der Waals surface area contributed by atoms with Crippen molar-refractivity contribution >= 4 is 10.1 Å². The highest BCUT2D eigenvalue weighted by molar-refractivity contribution is 7.85. The standard InChI is InChI=1S/C7H8O4S.H3N/c1-11-6-2-4-7(5-3-6)12(8,9)10;/h2-5H,1H3,(H,8,9,10);1H3. The molecule has 0 unspecified atom stereocenters. The van der Waals surface area contributed by atoms with Crippen LogP contribution in [0.25, 0.3) is 0 Å². The molecule has 1 aromatic rings. The second kappa shape index (κ2) is 4.22. The van der Waals surface area contributed by atoms with Crippen molar-refractivity contribution in [1.82, 2.24) is 6.15 Å². The molecule has 0 bridgehead atoms. The zero-order valence-electron chi connectivity index (χ0n) is 7.10. The van der Waals surface area contributed by atoms with Crippen LogP contribution in [0.15, 0.2) is 29.2 Å². The lowest BCUT2D eigenvalue weighted by molar-refractivity contribution is 0.414. The third kappa shape index (κ3) is 3.02. The summed E-state index contributed by atoms with van der Waals surface area (Å²) in [5.41, 5.74) is 0. The highest BCUT2D eigenvalue weighted by Crippen LogP contribution is 2.14. The van der Waals surface area contributed by atoms with Crippen LogP contribution in [0.2, 0.25) is 0 Å². The third-order valence-corrected chi connectivity index (χ3v) is 2.23. The summed E-state index contributed by atoms with van der Waals surface area (Å²) in [6.45, 7) is 0. The van der Waals surface area contributed by atoms with Crippen LogP contribution in [0.1, 0.15) is 0 Å². The summed E-state index contributed by atoms with van der Waals surface area (Å²) in [4.78, 5) is -0.136. The summed E-state index contributed by atoms with van der Waals surface area (Å²) >= 11 is 0. The quantitative estimate of drug-likeness (QED) is 0.704. The SMILES string of the molecule is COc1ccc(S(=O)(=O)O)cc1.N. The summed E-state index contributed by atoms with van der Waals surface area (Å²) in [7, 11) is -2.61. The maximum Gasteiger partial charge on any atom is 0.294 e. The molecule has 0 fully saturated rings. The highest BCUT2D eigenvalue weighted by Gasteiger charge is 2.07. The van der Waals surface area contributed by atoms with Gasteiger partial charge in [-0.25, -0.2) is 0 Å². The minimum atomic E-state index is -4.08. The Kier molecular flexibility index (Phi) is 3.86. The molecule has 0 radical (unpaired) electrons. The second-order valence-electron chi connectivity index (χ2n) is 2.15. The van der Waals surface area contributed by atoms with Crippen molar-refractivity contribution in [2.24, 2.45) is 0 Å². The van der Waals surface area contributed by atoms with Gasteiger partial charge in [0.25, 0.3) is 10.1 Å². The van der Waals surface area contributed by atoms with Gasteiger partial charge in [-0.1, -0.05) is 0 Å². The molecule has 6 heteroatoms. The predicted octanol–water partition coefficient (Wildman–Crippen LogP) is 1.10. The summed E-state index contributed by atoms with van der Waals surface area (Å²) in [5.74, 6) is 0.544. The van der Waals surface area contributed by atoms with Crippen LogP contribution in [0, 0.1) is 0 Å². The van der Waals surface area contributed by atoms with Gasteiger partial charge in [0.15, 0.2) is 0 Å². The fourth-order valence-electron chi connectivity index (χ4n) is 0.748. The number of hydrogen-bond acceptors (Lipinski definition) is 4. The molecular formula is C7H11NO4S. The number of rotatable bonds is 2. The van der Waals surface area contributed by atoms with Gasteiger partial charge in [-0.05, 0) is 24.3 Å². The van der Waals surface area contributed by atoms with E-state index in [4.69, 9.17) is 9.29 Å². The largest absolute Gasteiger partial charge is 0.497 e. The summed E-state index contributed by atoms with van der Waals surface area (Å²) in [6, 6.07) is 5.47. The molecule has 0 aromatic heterocycles. The average molecular weight is 205 g/mol. The number of ether oxygens (including phenoxy) is 1. The number of hydrogen-bond donors (Lipinski definition) is 2. The van der Waals surface area contributed by atoms with E-state index in [0.29, 0.717) is 5.75 Å². The minimum absolute atomic E-state index is 0. The molecule has 0 aliphatic heterocycles. The monoisotopic (exact) mass is 205 g/mol. The van der Waals surface area contributed by atoms with Crippen LogP contribution in [0.4, 0.5) is 0 Å². The molecule has 0 saturated heterocycles. The first kappa shape index (κ1) is 11.9. The normalized spacial score (nSPS) is 10.3. The molecular weight excluding hydrogens is 194 g/mol. The Balaban J connectivity index is 0.00000144.